The van der Waals surface area contributed by atoms with E-state index in [1.54, 1.807) is 0 Å². The quantitative estimate of drug-likeness (QED) is 0.870. The van der Waals surface area contributed by atoms with Gasteiger partial charge in [-0.05, 0) is 56.9 Å². The van der Waals surface area contributed by atoms with Crippen LogP contribution in [0.3, 0.4) is 0 Å². The third-order valence-electron chi connectivity index (χ3n) is 3.94. The van der Waals surface area contributed by atoms with Crippen molar-refractivity contribution in [2.75, 3.05) is 0 Å². The Hall–Kier alpha value is -1.74. The molecule has 112 valence electrons. The van der Waals surface area contributed by atoms with Gasteiger partial charge in [-0.1, -0.05) is 12.1 Å². The van der Waals surface area contributed by atoms with E-state index in [2.05, 4.69) is 43.4 Å². The highest BCUT2D eigenvalue weighted by atomic mass is 16.5. The maximum atomic E-state index is 5.96. The second-order valence-corrected chi connectivity index (χ2v) is 6.01. The summed E-state index contributed by atoms with van der Waals surface area (Å²) in [6, 6.07) is 9.09. The molecule has 0 aliphatic heterocycles. The minimum atomic E-state index is 0.559. The largest absolute Gasteiger partial charge is 0.488 e. The minimum absolute atomic E-state index is 0.559. The fraction of sp³-hybridized carbons (Fsp3) is 0.444. The number of rotatable bonds is 6. The van der Waals surface area contributed by atoms with Gasteiger partial charge in [-0.25, -0.2) is 0 Å². The molecule has 1 N–H and O–H groups in total. The van der Waals surface area contributed by atoms with Crippen LogP contribution < -0.4 is 10.1 Å². The molecule has 1 fully saturated rings. The van der Waals surface area contributed by atoms with E-state index >= 15 is 0 Å². The zero-order valence-corrected chi connectivity index (χ0v) is 13.0. The van der Waals surface area contributed by atoms with E-state index in [0.717, 1.165) is 34.9 Å². The number of nitrogens with one attached hydrogen (secondary N) is 1. The number of ether oxygens (including phenoxy) is 1. The van der Waals surface area contributed by atoms with Crippen molar-refractivity contribution in [1.29, 1.82) is 0 Å². The van der Waals surface area contributed by atoms with Crippen molar-refractivity contribution in [3.63, 3.8) is 0 Å². The average Bonchev–Trinajstić information content (AvgIpc) is 3.22. The molecule has 3 rings (SSSR count). The lowest BCUT2D eigenvalue weighted by atomic mass is 10.1. The van der Waals surface area contributed by atoms with E-state index in [9.17, 15) is 0 Å². The zero-order chi connectivity index (χ0) is 14.8. The number of hydrogen-bond donors (Lipinski definition) is 1. The molecule has 0 amide bonds. The molecule has 3 heteroatoms. The van der Waals surface area contributed by atoms with Crippen LogP contribution in [0.5, 0.6) is 5.75 Å². The van der Waals surface area contributed by atoms with E-state index in [0.29, 0.717) is 12.6 Å². The molecule has 1 aromatic heterocycles. The predicted molar refractivity (Wildman–Crippen MR) is 83.6 cm³/mol. The van der Waals surface area contributed by atoms with Crippen molar-refractivity contribution in [2.45, 2.75) is 52.8 Å². The summed E-state index contributed by atoms with van der Waals surface area (Å²) in [4.78, 5) is 0. The van der Waals surface area contributed by atoms with Crippen molar-refractivity contribution < 1.29 is 9.15 Å². The first-order valence-corrected chi connectivity index (χ1v) is 7.63. The summed E-state index contributed by atoms with van der Waals surface area (Å²) in [6.45, 7) is 7.53. The summed E-state index contributed by atoms with van der Waals surface area (Å²) in [6.07, 6.45) is 2.59. The van der Waals surface area contributed by atoms with Crippen LogP contribution in [0.2, 0.25) is 0 Å². The van der Waals surface area contributed by atoms with Crippen LogP contribution in [-0.2, 0) is 13.2 Å². The topological polar surface area (TPSA) is 34.4 Å². The van der Waals surface area contributed by atoms with Gasteiger partial charge in [-0.3, -0.25) is 0 Å². The number of furan rings is 1. The van der Waals surface area contributed by atoms with Gasteiger partial charge in [0.2, 0.25) is 0 Å². The predicted octanol–water partition coefficient (Wildman–Crippen LogP) is 4.04. The first-order valence-electron chi connectivity index (χ1n) is 7.63. The Kier molecular flexibility index (Phi) is 4.02. The van der Waals surface area contributed by atoms with Gasteiger partial charge in [-0.15, -0.1) is 0 Å². The Morgan fingerprint density at radius 2 is 2.00 bits per heavy atom. The molecule has 0 unspecified atom stereocenters. The van der Waals surface area contributed by atoms with Crippen molar-refractivity contribution in [3.05, 3.63) is 52.5 Å². The molecule has 2 aromatic rings. The van der Waals surface area contributed by atoms with E-state index in [-0.39, 0.29) is 0 Å². The lowest BCUT2D eigenvalue weighted by Gasteiger charge is -2.09. The smallest absolute Gasteiger partial charge is 0.122 e. The summed E-state index contributed by atoms with van der Waals surface area (Å²) in [5.41, 5.74) is 3.51. The van der Waals surface area contributed by atoms with Crippen LogP contribution >= 0.6 is 0 Å². The Bertz CT molecular complexity index is 626. The van der Waals surface area contributed by atoms with Gasteiger partial charge in [-0.2, -0.15) is 0 Å². The van der Waals surface area contributed by atoms with Gasteiger partial charge in [0.15, 0.2) is 0 Å². The van der Waals surface area contributed by atoms with Crippen LogP contribution in [0.4, 0.5) is 0 Å². The van der Waals surface area contributed by atoms with Gasteiger partial charge in [0, 0.05) is 11.6 Å². The van der Waals surface area contributed by atoms with Crippen molar-refractivity contribution >= 4 is 0 Å². The van der Waals surface area contributed by atoms with Crippen LogP contribution in [0.15, 0.2) is 28.7 Å². The van der Waals surface area contributed by atoms with E-state index < -0.39 is 0 Å². The van der Waals surface area contributed by atoms with Crippen LogP contribution in [-0.4, -0.2) is 6.04 Å². The summed E-state index contributed by atoms with van der Waals surface area (Å²) in [5.74, 6) is 2.90. The van der Waals surface area contributed by atoms with E-state index in [1.807, 2.05) is 6.92 Å². The highest BCUT2D eigenvalue weighted by Crippen LogP contribution is 2.23. The lowest BCUT2D eigenvalue weighted by Crippen LogP contribution is -2.14. The standard InChI is InChI=1S/C18H23NO2/c1-12-4-5-13(2)18(8-12)20-11-15-9-17(21-14(15)3)10-19-16-6-7-16/h4-5,8-9,16,19H,6-7,10-11H2,1-3H3. The molecule has 0 radical (unpaired) electrons. The minimum Gasteiger partial charge on any atom is -0.488 e. The highest BCUT2D eigenvalue weighted by molar-refractivity contribution is 5.36. The number of aryl methyl sites for hydroxylation is 3. The SMILES string of the molecule is Cc1ccc(C)c(OCc2cc(CNC3CC3)oc2C)c1. The molecule has 0 bridgehead atoms. The van der Waals surface area contributed by atoms with Crippen LogP contribution in [0, 0.1) is 20.8 Å². The fourth-order valence-electron chi connectivity index (χ4n) is 2.37. The molecule has 1 saturated carbocycles. The molecule has 21 heavy (non-hydrogen) atoms. The summed E-state index contributed by atoms with van der Waals surface area (Å²) in [7, 11) is 0. The second-order valence-electron chi connectivity index (χ2n) is 6.01. The third-order valence-corrected chi connectivity index (χ3v) is 3.94. The number of hydrogen-bond acceptors (Lipinski definition) is 3. The summed E-state index contributed by atoms with van der Waals surface area (Å²) >= 11 is 0. The van der Waals surface area contributed by atoms with Crippen LogP contribution in [0.1, 0.15) is 41.1 Å². The van der Waals surface area contributed by atoms with E-state index in [4.69, 9.17) is 9.15 Å². The fourth-order valence-corrected chi connectivity index (χ4v) is 2.37. The Balaban J connectivity index is 1.62. The normalized spacial score (nSPS) is 14.4. The molecular weight excluding hydrogens is 262 g/mol. The van der Waals surface area contributed by atoms with Gasteiger partial charge >= 0.3 is 0 Å². The Morgan fingerprint density at radius 1 is 1.19 bits per heavy atom. The number of benzene rings is 1. The molecule has 0 atom stereocenters. The maximum Gasteiger partial charge on any atom is 0.122 e. The van der Waals surface area contributed by atoms with Gasteiger partial charge in [0.05, 0.1) is 6.54 Å². The Labute approximate surface area is 126 Å². The zero-order valence-electron chi connectivity index (χ0n) is 13.0. The highest BCUT2D eigenvalue weighted by Gasteiger charge is 2.21. The van der Waals surface area contributed by atoms with Crippen molar-refractivity contribution in [2.24, 2.45) is 0 Å². The van der Waals surface area contributed by atoms with Gasteiger partial charge < -0.3 is 14.5 Å². The molecule has 1 aliphatic rings. The molecule has 3 nitrogen and oxygen atoms in total. The third kappa shape index (κ3) is 3.67. The first-order chi connectivity index (χ1) is 10.1. The molecular formula is C18H23NO2. The van der Waals surface area contributed by atoms with Crippen molar-refractivity contribution in [1.82, 2.24) is 5.32 Å². The molecule has 1 heterocycles. The van der Waals surface area contributed by atoms with Crippen molar-refractivity contribution in [3.8, 4) is 5.75 Å². The van der Waals surface area contributed by atoms with Gasteiger partial charge in [0.1, 0.15) is 23.9 Å². The maximum absolute atomic E-state index is 5.96. The molecule has 0 spiro atoms. The summed E-state index contributed by atoms with van der Waals surface area (Å²) in [5, 5.41) is 3.47. The monoisotopic (exact) mass is 285 g/mol. The molecule has 1 aliphatic carbocycles. The molecule has 0 saturated heterocycles. The second kappa shape index (κ2) is 5.94. The van der Waals surface area contributed by atoms with Crippen LogP contribution in [0.25, 0.3) is 0 Å². The average molecular weight is 285 g/mol. The van der Waals surface area contributed by atoms with Gasteiger partial charge in [0.25, 0.3) is 0 Å². The first kappa shape index (κ1) is 14.2. The Morgan fingerprint density at radius 3 is 2.76 bits per heavy atom. The summed E-state index contributed by atoms with van der Waals surface area (Å²) < 4.78 is 11.7. The molecule has 1 aromatic carbocycles. The van der Waals surface area contributed by atoms with E-state index in [1.165, 1.54) is 18.4 Å². The lowest BCUT2D eigenvalue weighted by molar-refractivity contribution is 0.300.